The fourth-order valence-corrected chi connectivity index (χ4v) is 2.10. The molecule has 1 amide bonds. The summed E-state index contributed by atoms with van der Waals surface area (Å²) in [5.41, 5.74) is 2.45. The van der Waals surface area contributed by atoms with Crippen LogP contribution in [0.5, 0.6) is 0 Å². The summed E-state index contributed by atoms with van der Waals surface area (Å²) in [4.78, 5) is 11.8. The van der Waals surface area contributed by atoms with Crippen molar-refractivity contribution in [2.24, 2.45) is 5.92 Å². The third kappa shape index (κ3) is 7.78. The van der Waals surface area contributed by atoms with Crippen molar-refractivity contribution < 1.29 is 4.79 Å². The molecule has 0 aromatic heterocycles. The molecule has 0 aliphatic rings. The van der Waals surface area contributed by atoms with Gasteiger partial charge in [-0.2, -0.15) is 0 Å². The van der Waals surface area contributed by atoms with Crippen LogP contribution in [0.1, 0.15) is 45.6 Å². The number of hydrogen-bond acceptors (Lipinski definition) is 1. The summed E-state index contributed by atoms with van der Waals surface area (Å²) >= 11 is 0. The van der Waals surface area contributed by atoms with Crippen LogP contribution in [-0.4, -0.2) is 12.5 Å². The van der Waals surface area contributed by atoms with Crippen molar-refractivity contribution in [2.75, 3.05) is 6.54 Å². The van der Waals surface area contributed by atoms with Crippen molar-refractivity contribution in [1.29, 1.82) is 0 Å². The molecule has 20 heavy (non-hydrogen) atoms. The Balaban J connectivity index is 2.14. The zero-order chi connectivity index (χ0) is 14.8. The van der Waals surface area contributed by atoms with Crippen LogP contribution in [0.25, 0.3) is 0 Å². The maximum Gasteiger partial charge on any atom is 0.224 e. The third-order valence-electron chi connectivity index (χ3n) is 3.38. The van der Waals surface area contributed by atoms with Crippen molar-refractivity contribution in [3.8, 4) is 0 Å². The summed E-state index contributed by atoms with van der Waals surface area (Å²) in [6, 6.07) is 9.88. The van der Waals surface area contributed by atoms with Gasteiger partial charge in [0.25, 0.3) is 0 Å². The largest absolute Gasteiger partial charge is 0.356 e. The molecule has 1 unspecified atom stereocenters. The molecule has 0 spiro atoms. The minimum absolute atomic E-state index is 0.118. The quantitative estimate of drug-likeness (QED) is 0.709. The van der Waals surface area contributed by atoms with E-state index < -0.39 is 0 Å². The molecule has 110 valence electrons. The van der Waals surface area contributed by atoms with Gasteiger partial charge < -0.3 is 5.32 Å². The molecule has 1 atom stereocenters. The Bertz CT molecular complexity index is 418. The van der Waals surface area contributed by atoms with E-state index in [0.29, 0.717) is 12.3 Å². The second kappa shape index (κ2) is 9.35. The fourth-order valence-electron chi connectivity index (χ4n) is 2.10. The molecule has 0 aliphatic carbocycles. The molecular weight excluding hydrogens is 246 g/mol. The Labute approximate surface area is 123 Å². The Kier molecular flexibility index (Phi) is 7.71. The number of benzene rings is 1. The normalized spacial score (nSPS) is 11.8. The number of nitrogens with one attached hydrogen (secondary N) is 1. The van der Waals surface area contributed by atoms with Crippen LogP contribution in [-0.2, 0) is 11.2 Å². The number of rotatable bonds is 8. The first-order chi connectivity index (χ1) is 9.58. The van der Waals surface area contributed by atoms with E-state index in [1.165, 1.54) is 12.0 Å². The van der Waals surface area contributed by atoms with Crippen LogP contribution >= 0.6 is 0 Å². The Morgan fingerprint density at radius 2 is 1.90 bits per heavy atom. The van der Waals surface area contributed by atoms with Crippen molar-refractivity contribution >= 4 is 5.91 Å². The average molecular weight is 273 g/mol. The van der Waals surface area contributed by atoms with Gasteiger partial charge in [-0.05, 0) is 44.6 Å². The fraction of sp³-hybridized carbons (Fsp3) is 0.500. The van der Waals surface area contributed by atoms with Crippen LogP contribution in [0.15, 0.2) is 42.0 Å². The van der Waals surface area contributed by atoms with Gasteiger partial charge in [0.05, 0.1) is 6.42 Å². The van der Waals surface area contributed by atoms with Gasteiger partial charge in [-0.25, -0.2) is 0 Å². The summed E-state index contributed by atoms with van der Waals surface area (Å²) < 4.78 is 0. The molecule has 0 heterocycles. The number of carbonyl (C=O) groups is 1. The van der Waals surface area contributed by atoms with E-state index in [4.69, 9.17) is 0 Å². The summed E-state index contributed by atoms with van der Waals surface area (Å²) in [6.45, 7) is 7.30. The lowest BCUT2D eigenvalue weighted by molar-refractivity contribution is -0.120. The molecule has 2 heteroatoms. The predicted octanol–water partition coefficient (Wildman–Crippen LogP) is 4.12. The van der Waals surface area contributed by atoms with E-state index in [0.717, 1.165) is 24.9 Å². The summed E-state index contributed by atoms with van der Waals surface area (Å²) in [5.74, 6) is 0.773. The van der Waals surface area contributed by atoms with E-state index in [2.05, 4.69) is 32.2 Å². The molecule has 1 N–H and O–H groups in total. The molecule has 0 radical (unpaired) electrons. The molecule has 1 aromatic carbocycles. The Hall–Kier alpha value is -1.57. The van der Waals surface area contributed by atoms with Crippen LogP contribution in [0.2, 0.25) is 0 Å². The minimum atomic E-state index is 0.118. The van der Waals surface area contributed by atoms with Gasteiger partial charge in [-0.3, -0.25) is 4.79 Å². The number of hydrogen-bond donors (Lipinski definition) is 1. The van der Waals surface area contributed by atoms with Crippen LogP contribution < -0.4 is 5.32 Å². The number of carbonyl (C=O) groups excluding carboxylic acids is 1. The first kappa shape index (κ1) is 16.5. The highest BCUT2D eigenvalue weighted by molar-refractivity contribution is 5.78. The maximum atomic E-state index is 11.8. The van der Waals surface area contributed by atoms with Crippen molar-refractivity contribution in [3.63, 3.8) is 0 Å². The maximum absolute atomic E-state index is 11.8. The molecule has 1 aromatic rings. The summed E-state index contributed by atoms with van der Waals surface area (Å²) in [6.07, 6.45) is 6.15. The van der Waals surface area contributed by atoms with Crippen molar-refractivity contribution in [2.45, 2.75) is 46.5 Å². The van der Waals surface area contributed by atoms with Gasteiger partial charge in [0.2, 0.25) is 5.91 Å². The topological polar surface area (TPSA) is 29.1 Å². The monoisotopic (exact) mass is 273 g/mol. The highest BCUT2D eigenvalue weighted by Crippen LogP contribution is 2.11. The standard InChI is InChI=1S/C18H27NO/c1-15(2)8-7-9-16(3)12-13-19-18(20)14-17-10-5-4-6-11-17/h4-6,8,10-11,16H,7,9,12-14H2,1-3H3,(H,19,20). The lowest BCUT2D eigenvalue weighted by Gasteiger charge is -2.11. The molecule has 0 saturated carbocycles. The average Bonchev–Trinajstić information content (AvgIpc) is 2.39. The van der Waals surface area contributed by atoms with Gasteiger partial charge in [-0.15, -0.1) is 0 Å². The highest BCUT2D eigenvalue weighted by atomic mass is 16.1. The van der Waals surface area contributed by atoms with Gasteiger partial charge in [0.15, 0.2) is 0 Å². The third-order valence-corrected chi connectivity index (χ3v) is 3.38. The zero-order valence-electron chi connectivity index (χ0n) is 13.0. The van der Waals surface area contributed by atoms with E-state index in [9.17, 15) is 4.79 Å². The number of amides is 1. The highest BCUT2D eigenvalue weighted by Gasteiger charge is 2.04. The predicted molar refractivity (Wildman–Crippen MR) is 85.6 cm³/mol. The van der Waals surface area contributed by atoms with Crippen LogP contribution in [0, 0.1) is 5.92 Å². The molecule has 2 nitrogen and oxygen atoms in total. The van der Waals surface area contributed by atoms with Gasteiger partial charge in [0.1, 0.15) is 0 Å². The van der Waals surface area contributed by atoms with Crippen LogP contribution in [0.3, 0.4) is 0 Å². The summed E-state index contributed by atoms with van der Waals surface area (Å²) in [7, 11) is 0. The number of allylic oxidation sites excluding steroid dienone is 2. The van der Waals surface area contributed by atoms with Gasteiger partial charge in [-0.1, -0.05) is 48.9 Å². The SMILES string of the molecule is CC(C)=CCCC(C)CCNC(=O)Cc1ccccc1. The first-order valence-electron chi connectivity index (χ1n) is 7.52. The lowest BCUT2D eigenvalue weighted by atomic mass is 10.0. The molecule has 1 rings (SSSR count). The van der Waals surface area contributed by atoms with E-state index in [-0.39, 0.29) is 5.91 Å². The molecule has 0 fully saturated rings. The van der Waals surface area contributed by atoms with E-state index >= 15 is 0 Å². The van der Waals surface area contributed by atoms with Gasteiger partial charge >= 0.3 is 0 Å². The minimum Gasteiger partial charge on any atom is -0.356 e. The van der Waals surface area contributed by atoms with Crippen LogP contribution in [0.4, 0.5) is 0 Å². The Morgan fingerprint density at radius 3 is 2.55 bits per heavy atom. The summed E-state index contributed by atoms with van der Waals surface area (Å²) in [5, 5.41) is 3.01. The smallest absolute Gasteiger partial charge is 0.224 e. The van der Waals surface area contributed by atoms with Crippen molar-refractivity contribution in [3.05, 3.63) is 47.5 Å². The van der Waals surface area contributed by atoms with Gasteiger partial charge in [0, 0.05) is 6.54 Å². The lowest BCUT2D eigenvalue weighted by Crippen LogP contribution is -2.27. The molecule has 0 aliphatic heterocycles. The Morgan fingerprint density at radius 1 is 1.20 bits per heavy atom. The molecular formula is C18H27NO. The van der Waals surface area contributed by atoms with E-state index in [1.54, 1.807) is 0 Å². The molecule has 0 bridgehead atoms. The second-order valence-corrected chi connectivity index (χ2v) is 5.76. The van der Waals surface area contributed by atoms with E-state index in [1.807, 2.05) is 30.3 Å². The molecule has 0 saturated heterocycles. The second-order valence-electron chi connectivity index (χ2n) is 5.76. The van der Waals surface area contributed by atoms with Crippen molar-refractivity contribution in [1.82, 2.24) is 5.32 Å². The zero-order valence-corrected chi connectivity index (χ0v) is 13.0. The first-order valence-corrected chi connectivity index (χ1v) is 7.52.